The molecular weight excluding hydrogens is 298 g/mol. The fourth-order valence-corrected chi connectivity index (χ4v) is 2.18. The lowest BCUT2D eigenvalue weighted by Crippen LogP contribution is -2.08. The smallest absolute Gasteiger partial charge is 0.341 e. The third-order valence-electron chi connectivity index (χ3n) is 2.73. The zero-order valence-electron chi connectivity index (χ0n) is 11.8. The summed E-state index contributed by atoms with van der Waals surface area (Å²) < 4.78 is 15.5. The van der Waals surface area contributed by atoms with Crippen molar-refractivity contribution in [1.29, 1.82) is 0 Å². The van der Waals surface area contributed by atoms with Crippen LogP contribution in [0, 0.1) is 0 Å². The molecule has 0 aliphatic carbocycles. The second-order valence-corrected chi connectivity index (χ2v) is 4.60. The summed E-state index contributed by atoms with van der Waals surface area (Å²) in [6, 6.07) is 2.96. The number of amides is 1. The SMILES string of the molecule is CCOc1cc2c(NC(C)=O)c(Cl)cc(C(=O)OC)c2o1. The fourth-order valence-electron chi connectivity index (χ4n) is 1.93. The molecule has 0 saturated carbocycles. The van der Waals surface area contributed by atoms with Crippen LogP contribution in [0.15, 0.2) is 16.5 Å². The molecule has 0 unspecified atom stereocenters. The van der Waals surface area contributed by atoms with Crippen LogP contribution in [0.4, 0.5) is 5.69 Å². The molecule has 0 saturated heterocycles. The molecule has 0 aliphatic heterocycles. The highest BCUT2D eigenvalue weighted by molar-refractivity contribution is 6.36. The zero-order valence-corrected chi connectivity index (χ0v) is 12.5. The van der Waals surface area contributed by atoms with Crippen LogP contribution in [0.25, 0.3) is 11.0 Å². The van der Waals surface area contributed by atoms with E-state index in [1.165, 1.54) is 20.1 Å². The molecule has 0 fully saturated rings. The second kappa shape index (κ2) is 6.05. The number of carbonyl (C=O) groups is 2. The Hall–Kier alpha value is -2.21. The van der Waals surface area contributed by atoms with Crippen LogP contribution in [0.3, 0.4) is 0 Å². The molecule has 0 atom stereocenters. The van der Waals surface area contributed by atoms with Crippen molar-refractivity contribution in [2.24, 2.45) is 0 Å². The molecule has 2 rings (SSSR count). The van der Waals surface area contributed by atoms with Gasteiger partial charge in [-0.15, -0.1) is 0 Å². The average Bonchev–Trinajstić information content (AvgIpc) is 2.84. The van der Waals surface area contributed by atoms with Gasteiger partial charge in [-0.1, -0.05) is 11.6 Å². The first-order chi connectivity index (χ1) is 9.97. The molecule has 0 radical (unpaired) electrons. The minimum Gasteiger partial charge on any atom is -0.465 e. The number of hydrogen-bond acceptors (Lipinski definition) is 5. The van der Waals surface area contributed by atoms with E-state index in [1.54, 1.807) is 13.0 Å². The van der Waals surface area contributed by atoms with Crippen molar-refractivity contribution in [2.75, 3.05) is 19.0 Å². The number of furan rings is 1. The molecule has 0 spiro atoms. The molecule has 0 bridgehead atoms. The van der Waals surface area contributed by atoms with E-state index in [-0.39, 0.29) is 28.0 Å². The summed E-state index contributed by atoms with van der Waals surface area (Å²) in [5, 5.41) is 3.30. The molecule has 112 valence electrons. The minimum absolute atomic E-state index is 0.164. The summed E-state index contributed by atoms with van der Waals surface area (Å²) in [7, 11) is 1.26. The molecule has 1 heterocycles. The monoisotopic (exact) mass is 311 g/mol. The van der Waals surface area contributed by atoms with Crippen LogP contribution in [0.5, 0.6) is 5.95 Å². The van der Waals surface area contributed by atoms with Gasteiger partial charge in [0.15, 0.2) is 5.58 Å². The van der Waals surface area contributed by atoms with Crippen LogP contribution in [-0.4, -0.2) is 25.6 Å². The number of benzene rings is 1. The van der Waals surface area contributed by atoms with Crippen molar-refractivity contribution in [3.05, 3.63) is 22.7 Å². The first-order valence-corrected chi connectivity index (χ1v) is 6.60. The third-order valence-corrected chi connectivity index (χ3v) is 3.02. The maximum atomic E-state index is 11.8. The molecule has 0 aliphatic rings. The molecule has 7 heteroatoms. The van der Waals surface area contributed by atoms with E-state index < -0.39 is 5.97 Å². The summed E-state index contributed by atoms with van der Waals surface area (Å²) >= 11 is 6.13. The third kappa shape index (κ3) is 2.95. The number of carbonyl (C=O) groups excluding carboxylic acids is 2. The quantitative estimate of drug-likeness (QED) is 0.877. The lowest BCUT2D eigenvalue weighted by molar-refractivity contribution is -0.114. The van der Waals surface area contributed by atoms with Crippen LogP contribution in [0.1, 0.15) is 24.2 Å². The van der Waals surface area contributed by atoms with Gasteiger partial charge in [0.2, 0.25) is 5.91 Å². The highest BCUT2D eigenvalue weighted by Crippen LogP contribution is 2.38. The van der Waals surface area contributed by atoms with Gasteiger partial charge in [-0.3, -0.25) is 4.79 Å². The largest absolute Gasteiger partial charge is 0.465 e. The van der Waals surface area contributed by atoms with Gasteiger partial charge in [0.1, 0.15) is 5.56 Å². The molecule has 21 heavy (non-hydrogen) atoms. The fraction of sp³-hybridized carbons (Fsp3) is 0.286. The maximum Gasteiger partial charge on any atom is 0.341 e. The standard InChI is InChI=1S/C14H14ClNO5/c1-4-20-11-6-8-12(16-7(2)17)10(15)5-9(13(8)21-11)14(18)19-3/h5-6H,4H2,1-3H3,(H,16,17). The number of anilines is 1. The molecule has 1 aromatic heterocycles. The zero-order chi connectivity index (χ0) is 15.6. The van der Waals surface area contributed by atoms with E-state index in [2.05, 4.69) is 5.32 Å². The predicted molar refractivity (Wildman–Crippen MR) is 78.0 cm³/mol. The van der Waals surface area contributed by atoms with Crippen molar-refractivity contribution >= 4 is 40.1 Å². The van der Waals surface area contributed by atoms with E-state index in [0.717, 1.165) is 0 Å². The molecular formula is C14H14ClNO5. The van der Waals surface area contributed by atoms with Crippen molar-refractivity contribution in [3.8, 4) is 5.95 Å². The number of halogens is 1. The minimum atomic E-state index is -0.589. The van der Waals surface area contributed by atoms with Crippen molar-refractivity contribution in [3.63, 3.8) is 0 Å². The van der Waals surface area contributed by atoms with Crippen molar-refractivity contribution in [2.45, 2.75) is 13.8 Å². The first-order valence-electron chi connectivity index (χ1n) is 6.22. The molecule has 1 amide bonds. The highest BCUT2D eigenvalue weighted by atomic mass is 35.5. The van der Waals surface area contributed by atoms with E-state index in [9.17, 15) is 9.59 Å². The summed E-state index contributed by atoms with van der Waals surface area (Å²) in [5.41, 5.74) is 0.775. The molecule has 1 N–H and O–H groups in total. The number of rotatable bonds is 4. The molecule has 2 aromatic rings. The van der Waals surface area contributed by atoms with Crippen LogP contribution in [-0.2, 0) is 9.53 Å². The summed E-state index contributed by atoms with van der Waals surface area (Å²) in [6.45, 7) is 3.56. The molecule has 1 aromatic carbocycles. The Balaban J connectivity index is 2.71. The number of methoxy groups -OCH3 is 1. The van der Waals surface area contributed by atoms with Gasteiger partial charge in [-0.2, -0.15) is 0 Å². The molecule has 6 nitrogen and oxygen atoms in total. The summed E-state index contributed by atoms with van der Waals surface area (Å²) in [5.74, 6) is -0.650. The normalized spacial score (nSPS) is 10.5. The van der Waals surface area contributed by atoms with Gasteiger partial charge < -0.3 is 19.2 Å². The summed E-state index contributed by atoms with van der Waals surface area (Å²) in [4.78, 5) is 23.1. The van der Waals surface area contributed by atoms with E-state index in [1.807, 2.05) is 0 Å². The lowest BCUT2D eigenvalue weighted by atomic mass is 10.1. The van der Waals surface area contributed by atoms with Crippen LogP contribution in [0.2, 0.25) is 5.02 Å². The van der Waals surface area contributed by atoms with Crippen molar-refractivity contribution in [1.82, 2.24) is 0 Å². The Morgan fingerprint density at radius 3 is 2.67 bits per heavy atom. The van der Waals surface area contributed by atoms with Gasteiger partial charge in [0.25, 0.3) is 5.95 Å². The van der Waals surface area contributed by atoms with Crippen molar-refractivity contribution < 1.29 is 23.5 Å². The lowest BCUT2D eigenvalue weighted by Gasteiger charge is -2.08. The number of fused-ring (bicyclic) bond motifs is 1. The Labute approximate surface area is 126 Å². The second-order valence-electron chi connectivity index (χ2n) is 4.19. The van der Waals surface area contributed by atoms with Gasteiger partial charge >= 0.3 is 5.97 Å². The summed E-state index contributed by atoms with van der Waals surface area (Å²) in [6.07, 6.45) is 0. The van der Waals surface area contributed by atoms with E-state index in [0.29, 0.717) is 17.7 Å². The Kier molecular flexibility index (Phi) is 4.37. The Morgan fingerprint density at radius 2 is 2.10 bits per heavy atom. The average molecular weight is 312 g/mol. The van der Waals surface area contributed by atoms with Crippen LogP contribution >= 0.6 is 11.6 Å². The van der Waals surface area contributed by atoms with Crippen LogP contribution < -0.4 is 10.1 Å². The highest BCUT2D eigenvalue weighted by Gasteiger charge is 2.21. The van der Waals surface area contributed by atoms with Gasteiger partial charge in [-0.05, 0) is 13.0 Å². The maximum absolute atomic E-state index is 11.8. The topological polar surface area (TPSA) is 77.8 Å². The van der Waals surface area contributed by atoms with Gasteiger partial charge in [0.05, 0.1) is 29.8 Å². The predicted octanol–water partition coefficient (Wildman–Crippen LogP) is 3.23. The van der Waals surface area contributed by atoms with E-state index in [4.69, 9.17) is 25.5 Å². The van der Waals surface area contributed by atoms with E-state index >= 15 is 0 Å². The first kappa shape index (κ1) is 15.2. The Morgan fingerprint density at radius 1 is 1.38 bits per heavy atom. The van der Waals surface area contributed by atoms with Gasteiger partial charge in [0, 0.05) is 13.0 Å². The number of ether oxygens (including phenoxy) is 2. The number of nitrogens with one attached hydrogen (secondary N) is 1. The Bertz CT molecular complexity index is 707. The number of hydrogen-bond donors (Lipinski definition) is 1. The van der Waals surface area contributed by atoms with Gasteiger partial charge in [-0.25, -0.2) is 4.79 Å². The number of esters is 1.